The lowest BCUT2D eigenvalue weighted by Crippen LogP contribution is -2.29. The van der Waals surface area contributed by atoms with Crippen molar-refractivity contribution in [3.63, 3.8) is 0 Å². The van der Waals surface area contributed by atoms with E-state index in [1.54, 1.807) is 48.5 Å². The van der Waals surface area contributed by atoms with Gasteiger partial charge in [-0.25, -0.2) is 4.39 Å². The SMILES string of the molecule is CN/C=C1/C=C(N(C(=N)c2ccc(C#N)c(F)c2)/C(C)=C/CCCCCNC=O)C=CC1=N. The molecule has 8 heteroatoms. The maximum Gasteiger partial charge on any atom is 0.207 e. The number of amides is 1. The van der Waals surface area contributed by atoms with Gasteiger partial charge in [0, 0.05) is 42.3 Å². The van der Waals surface area contributed by atoms with Crippen molar-refractivity contribution >= 4 is 18.0 Å². The fourth-order valence-electron chi connectivity index (χ4n) is 3.36. The van der Waals surface area contributed by atoms with Gasteiger partial charge >= 0.3 is 0 Å². The Labute approximate surface area is 194 Å². The normalized spacial score (nSPS) is 14.5. The van der Waals surface area contributed by atoms with Gasteiger partial charge in [0.25, 0.3) is 0 Å². The first kappa shape index (κ1) is 25.3. The van der Waals surface area contributed by atoms with Crippen LogP contribution in [-0.4, -0.2) is 36.4 Å². The Balaban J connectivity index is 2.33. The van der Waals surface area contributed by atoms with E-state index in [1.807, 2.05) is 13.0 Å². The molecule has 0 aliphatic heterocycles. The number of nitriles is 1. The summed E-state index contributed by atoms with van der Waals surface area (Å²) in [5.41, 5.74) is 2.74. The first-order chi connectivity index (χ1) is 15.9. The Morgan fingerprint density at radius 3 is 2.73 bits per heavy atom. The Hall–Kier alpha value is -3.99. The number of carbonyl (C=O) groups excluding carboxylic acids is 1. The molecule has 1 aliphatic carbocycles. The minimum atomic E-state index is -0.670. The number of nitrogens with one attached hydrogen (secondary N) is 4. The van der Waals surface area contributed by atoms with Gasteiger partial charge < -0.3 is 16.0 Å². The summed E-state index contributed by atoms with van der Waals surface area (Å²) in [5.74, 6) is -0.605. The molecular weight excluding hydrogens is 419 g/mol. The molecule has 1 aromatic rings. The Morgan fingerprint density at radius 2 is 2.06 bits per heavy atom. The number of benzene rings is 1. The Kier molecular flexibility index (Phi) is 9.78. The van der Waals surface area contributed by atoms with Crippen molar-refractivity contribution in [3.05, 3.63) is 82.6 Å². The molecule has 1 aliphatic rings. The van der Waals surface area contributed by atoms with E-state index < -0.39 is 5.82 Å². The van der Waals surface area contributed by atoms with Crippen molar-refractivity contribution < 1.29 is 9.18 Å². The molecule has 0 saturated carbocycles. The molecule has 0 fully saturated rings. The van der Waals surface area contributed by atoms with Crippen LogP contribution in [0.2, 0.25) is 0 Å². The van der Waals surface area contributed by atoms with E-state index >= 15 is 0 Å². The molecule has 0 atom stereocenters. The molecule has 1 aromatic carbocycles. The predicted molar refractivity (Wildman–Crippen MR) is 128 cm³/mol. The van der Waals surface area contributed by atoms with Crippen LogP contribution in [0.3, 0.4) is 0 Å². The smallest absolute Gasteiger partial charge is 0.207 e. The van der Waals surface area contributed by atoms with Gasteiger partial charge in [-0.2, -0.15) is 5.26 Å². The van der Waals surface area contributed by atoms with Gasteiger partial charge in [-0.15, -0.1) is 0 Å². The Morgan fingerprint density at radius 1 is 1.27 bits per heavy atom. The number of hydrogen-bond acceptors (Lipinski definition) is 5. The number of amidine groups is 1. The molecule has 33 heavy (non-hydrogen) atoms. The van der Waals surface area contributed by atoms with Crippen molar-refractivity contribution in [2.24, 2.45) is 0 Å². The van der Waals surface area contributed by atoms with Crippen LogP contribution in [0.1, 0.15) is 43.7 Å². The van der Waals surface area contributed by atoms with Crippen LogP contribution >= 0.6 is 0 Å². The van der Waals surface area contributed by atoms with Crippen molar-refractivity contribution in [3.8, 4) is 6.07 Å². The highest BCUT2D eigenvalue weighted by Gasteiger charge is 2.21. The van der Waals surface area contributed by atoms with E-state index in [2.05, 4.69) is 10.6 Å². The average Bonchev–Trinajstić information content (AvgIpc) is 2.80. The lowest BCUT2D eigenvalue weighted by Gasteiger charge is -2.29. The number of nitrogens with zero attached hydrogens (tertiary/aromatic N) is 2. The zero-order chi connectivity index (χ0) is 24.2. The summed E-state index contributed by atoms with van der Waals surface area (Å²) in [6, 6.07) is 5.93. The van der Waals surface area contributed by atoms with Crippen LogP contribution in [0.5, 0.6) is 0 Å². The molecule has 0 heterocycles. The topological polar surface area (TPSA) is 116 Å². The van der Waals surface area contributed by atoms with Gasteiger partial charge in [-0.3, -0.25) is 15.1 Å². The summed E-state index contributed by atoms with van der Waals surface area (Å²) in [6.07, 6.45) is 13.2. The molecular formula is C25H29FN6O. The molecule has 1 amide bonds. The van der Waals surface area contributed by atoms with Crippen molar-refractivity contribution in [1.82, 2.24) is 15.5 Å². The zero-order valence-electron chi connectivity index (χ0n) is 18.9. The van der Waals surface area contributed by atoms with Crippen LogP contribution < -0.4 is 10.6 Å². The number of carbonyl (C=O) groups is 1. The molecule has 4 N–H and O–H groups in total. The predicted octanol–water partition coefficient (Wildman–Crippen LogP) is 4.11. The van der Waals surface area contributed by atoms with E-state index in [9.17, 15) is 9.18 Å². The average molecular weight is 449 g/mol. The standard InChI is InChI=1S/C25H29FN6O/c1-18(7-5-3-4-6-12-31-17-33)32(22-10-11-24(28)21(13-22)16-30-2)25(29)19-8-9-20(15-27)23(26)14-19/h7-11,13-14,16-17,28-30H,3-6,12H2,1-2H3,(H,31,33)/b18-7+,21-16-,28-24?,29-25?. The quantitative estimate of drug-likeness (QED) is 0.176. The molecule has 172 valence electrons. The highest BCUT2D eigenvalue weighted by molar-refractivity contribution is 6.10. The summed E-state index contributed by atoms with van der Waals surface area (Å²) < 4.78 is 14.3. The summed E-state index contributed by atoms with van der Waals surface area (Å²) in [5, 5.41) is 31.5. The lowest BCUT2D eigenvalue weighted by molar-refractivity contribution is -0.109. The highest BCUT2D eigenvalue weighted by atomic mass is 19.1. The summed E-state index contributed by atoms with van der Waals surface area (Å²) >= 11 is 0. The summed E-state index contributed by atoms with van der Waals surface area (Å²) in [4.78, 5) is 12.0. The maximum atomic E-state index is 14.3. The van der Waals surface area contributed by atoms with E-state index in [4.69, 9.17) is 16.1 Å². The first-order valence-corrected chi connectivity index (χ1v) is 10.7. The first-order valence-electron chi connectivity index (χ1n) is 10.7. The third-order valence-corrected chi connectivity index (χ3v) is 5.08. The zero-order valence-corrected chi connectivity index (χ0v) is 18.9. The number of allylic oxidation sites excluding steroid dienone is 6. The number of rotatable bonds is 11. The van der Waals surface area contributed by atoms with E-state index in [-0.39, 0.29) is 11.4 Å². The second-order valence-corrected chi connectivity index (χ2v) is 7.46. The van der Waals surface area contributed by atoms with E-state index in [0.29, 0.717) is 35.5 Å². The Bertz CT molecular complexity index is 1060. The van der Waals surface area contributed by atoms with Crippen molar-refractivity contribution in [1.29, 1.82) is 16.1 Å². The second-order valence-electron chi connectivity index (χ2n) is 7.46. The minimum absolute atomic E-state index is 0.0652. The molecule has 7 nitrogen and oxygen atoms in total. The largest absolute Gasteiger partial charge is 0.393 e. The van der Waals surface area contributed by atoms with Crippen molar-refractivity contribution in [2.45, 2.75) is 32.6 Å². The van der Waals surface area contributed by atoms with Crippen LogP contribution in [0.15, 0.2) is 65.7 Å². The molecule has 0 unspecified atom stereocenters. The lowest BCUT2D eigenvalue weighted by atomic mass is 10.0. The molecule has 0 bridgehead atoms. The van der Waals surface area contributed by atoms with E-state index in [1.165, 1.54) is 12.1 Å². The van der Waals surface area contributed by atoms with Gasteiger partial charge in [0.15, 0.2) is 0 Å². The number of unbranched alkanes of at least 4 members (excludes halogenated alkanes) is 3. The van der Waals surface area contributed by atoms with E-state index in [0.717, 1.165) is 31.4 Å². The van der Waals surface area contributed by atoms with Gasteiger partial charge in [0.2, 0.25) is 6.41 Å². The summed E-state index contributed by atoms with van der Waals surface area (Å²) in [6.45, 7) is 2.54. The number of halogens is 1. The van der Waals surface area contributed by atoms with Crippen molar-refractivity contribution in [2.75, 3.05) is 13.6 Å². The van der Waals surface area contributed by atoms with Crippen LogP contribution in [0.25, 0.3) is 0 Å². The minimum Gasteiger partial charge on any atom is -0.393 e. The highest BCUT2D eigenvalue weighted by Crippen LogP contribution is 2.25. The van der Waals surface area contributed by atoms with Gasteiger partial charge in [0.05, 0.1) is 11.3 Å². The van der Waals surface area contributed by atoms with Crippen LogP contribution in [0.4, 0.5) is 4.39 Å². The molecule has 2 rings (SSSR count). The molecule has 0 saturated heterocycles. The fourth-order valence-corrected chi connectivity index (χ4v) is 3.36. The molecule has 0 aromatic heterocycles. The monoisotopic (exact) mass is 448 g/mol. The number of hydrogen-bond donors (Lipinski definition) is 4. The molecule has 0 spiro atoms. The van der Waals surface area contributed by atoms with Gasteiger partial charge in [-0.1, -0.05) is 12.5 Å². The maximum absolute atomic E-state index is 14.3. The van der Waals surface area contributed by atoms with Crippen LogP contribution in [0, 0.1) is 28.0 Å². The molecule has 0 radical (unpaired) electrons. The second kappa shape index (κ2) is 12.8. The third-order valence-electron chi connectivity index (χ3n) is 5.08. The van der Waals surface area contributed by atoms with Crippen LogP contribution in [-0.2, 0) is 4.79 Å². The fraction of sp³-hybridized carbons (Fsp3) is 0.280. The third kappa shape index (κ3) is 7.01. The summed E-state index contributed by atoms with van der Waals surface area (Å²) in [7, 11) is 1.75. The van der Waals surface area contributed by atoms with Gasteiger partial charge in [-0.05, 0) is 62.6 Å². The van der Waals surface area contributed by atoms with Gasteiger partial charge in [0.1, 0.15) is 17.7 Å².